The van der Waals surface area contributed by atoms with E-state index in [-0.39, 0.29) is 5.91 Å². The van der Waals surface area contributed by atoms with Gasteiger partial charge in [0.1, 0.15) is 5.82 Å². The molecule has 0 unspecified atom stereocenters. The predicted octanol–water partition coefficient (Wildman–Crippen LogP) is 1.03. The van der Waals surface area contributed by atoms with E-state index in [4.69, 9.17) is 0 Å². The first-order chi connectivity index (χ1) is 8.50. The molecule has 0 aliphatic heterocycles. The second-order valence-corrected chi connectivity index (χ2v) is 4.42. The molecule has 1 amide bonds. The third-order valence-electron chi connectivity index (χ3n) is 2.99. The highest BCUT2D eigenvalue weighted by atomic mass is 16.2. The van der Waals surface area contributed by atoms with Crippen molar-refractivity contribution in [3.8, 4) is 0 Å². The smallest absolute Gasteiger partial charge is 0.257 e. The van der Waals surface area contributed by atoms with E-state index in [2.05, 4.69) is 15.2 Å². The van der Waals surface area contributed by atoms with E-state index in [1.165, 1.54) is 0 Å². The van der Waals surface area contributed by atoms with Crippen molar-refractivity contribution in [3.05, 3.63) is 35.2 Å². The Morgan fingerprint density at radius 1 is 1.50 bits per heavy atom. The van der Waals surface area contributed by atoms with Gasteiger partial charge in [0.25, 0.3) is 5.91 Å². The molecule has 0 aromatic carbocycles. The number of H-pyrrole nitrogens is 1. The van der Waals surface area contributed by atoms with E-state index in [0.29, 0.717) is 12.1 Å². The Balaban J connectivity index is 2.17. The first-order valence-corrected chi connectivity index (χ1v) is 5.74. The molecule has 0 atom stereocenters. The number of aromatic nitrogens is 4. The zero-order chi connectivity index (χ0) is 13.3. The zero-order valence-corrected chi connectivity index (χ0v) is 11.1. The summed E-state index contributed by atoms with van der Waals surface area (Å²) in [7, 11) is 3.68. The topological polar surface area (TPSA) is 66.8 Å². The van der Waals surface area contributed by atoms with E-state index in [9.17, 15) is 4.79 Å². The van der Waals surface area contributed by atoms with Crippen molar-refractivity contribution >= 4 is 5.91 Å². The van der Waals surface area contributed by atoms with E-state index < -0.39 is 0 Å². The Kier molecular flexibility index (Phi) is 3.18. The van der Waals surface area contributed by atoms with E-state index >= 15 is 0 Å². The molecule has 1 N–H and O–H groups in total. The summed E-state index contributed by atoms with van der Waals surface area (Å²) < 4.78 is 1.90. The van der Waals surface area contributed by atoms with Crippen LogP contribution in [-0.4, -0.2) is 37.6 Å². The normalized spacial score (nSPS) is 10.7. The highest BCUT2D eigenvalue weighted by molar-refractivity contribution is 5.96. The molecular weight excluding hydrogens is 230 g/mol. The van der Waals surface area contributed by atoms with Crippen LogP contribution in [0.3, 0.4) is 0 Å². The summed E-state index contributed by atoms with van der Waals surface area (Å²) in [6, 6.07) is 0. The standard InChI is InChI=1S/C12H17N5O/c1-8-11(9(2)15-14-8)12(18)17(4)7-10-13-5-6-16(10)3/h5-6H,7H2,1-4H3,(H,14,15). The highest BCUT2D eigenvalue weighted by Crippen LogP contribution is 2.13. The molecule has 6 heteroatoms. The lowest BCUT2D eigenvalue weighted by atomic mass is 10.2. The number of amides is 1. The summed E-state index contributed by atoms with van der Waals surface area (Å²) in [6.07, 6.45) is 3.59. The Labute approximate surface area is 106 Å². The van der Waals surface area contributed by atoms with Gasteiger partial charge in [0.2, 0.25) is 0 Å². The number of hydrogen-bond donors (Lipinski definition) is 1. The second-order valence-electron chi connectivity index (χ2n) is 4.42. The molecule has 0 aliphatic rings. The Morgan fingerprint density at radius 3 is 2.72 bits per heavy atom. The molecule has 0 radical (unpaired) electrons. The van der Waals surface area contributed by atoms with Crippen molar-refractivity contribution in [1.82, 2.24) is 24.6 Å². The van der Waals surface area contributed by atoms with Gasteiger partial charge in [-0.2, -0.15) is 5.10 Å². The minimum Gasteiger partial charge on any atom is -0.337 e. The minimum absolute atomic E-state index is 0.0400. The van der Waals surface area contributed by atoms with Crippen LogP contribution in [0, 0.1) is 13.8 Å². The second kappa shape index (κ2) is 4.64. The van der Waals surface area contributed by atoms with E-state index in [1.54, 1.807) is 18.1 Å². The molecule has 2 rings (SSSR count). The fourth-order valence-electron chi connectivity index (χ4n) is 1.89. The van der Waals surface area contributed by atoms with E-state index in [1.807, 2.05) is 31.7 Å². The maximum absolute atomic E-state index is 12.3. The average Bonchev–Trinajstić information content (AvgIpc) is 2.86. The summed E-state index contributed by atoms with van der Waals surface area (Å²) >= 11 is 0. The summed E-state index contributed by atoms with van der Waals surface area (Å²) in [5.41, 5.74) is 2.17. The van der Waals surface area contributed by atoms with Crippen molar-refractivity contribution < 1.29 is 4.79 Å². The number of carbonyl (C=O) groups excluding carboxylic acids is 1. The number of aromatic amines is 1. The summed E-state index contributed by atoms with van der Waals surface area (Å²) in [4.78, 5) is 18.2. The van der Waals surface area contributed by atoms with Gasteiger partial charge in [0, 0.05) is 32.2 Å². The molecule has 0 fully saturated rings. The molecule has 0 saturated carbocycles. The Hall–Kier alpha value is -2.11. The summed E-state index contributed by atoms with van der Waals surface area (Å²) in [5.74, 6) is 0.811. The van der Waals surface area contributed by atoms with Crippen molar-refractivity contribution in [1.29, 1.82) is 0 Å². The number of nitrogens with zero attached hydrogens (tertiary/aromatic N) is 4. The fourth-order valence-corrected chi connectivity index (χ4v) is 1.89. The van der Waals surface area contributed by atoms with Gasteiger partial charge in [-0.15, -0.1) is 0 Å². The van der Waals surface area contributed by atoms with Crippen molar-refractivity contribution in [2.75, 3.05) is 7.05 Å². The van der Waals surface area contributed by atoms with Crippen LogP contribution in [0.15, 0.2) is 12.4 Å². The van der Waals surface area contributed by atoms with Crippen LogP contribution in [0.5, 0.6) is 0 Å². The molecule has 0 spiro atoms. The van der Waals surface area contributed by atoms with Crippen LogP contribution in [0.25, 0.3) is 0 Å². The van der Waals surface area contributed by atoms with Crippen LogP contribution in [0.1, 0.15) is 27.6 Å². The molecular formula is C12H17N5O. The number of carbonyl (C=O) groups is 1. The molecule has 6 nitrogen and oxygen atoms in total. The van der Waals surface area contributed by atoms with Gasteiger partial charge in [-0.05, 0) is 13.8 Å². The van der Waals surface area contributed by atoms with Crippen molar-refractivity contribution in [2.24, 2.45) is 7.05 Å². The number of imidazole rings is 1. The van der Waals surface area contributed by atoms with Gasteiger partial charge in [-0.3, -0.25) is 9.89 Å². The summed E-state index contributed by atoms with van der Waals surface area (Å²) in [6.45, 7) is 4.15. The van der Waals surface area contributed by atoms with Gasteiger partial charge in [-0.25, -0.2) is 4.98 Å². The van der Waals surface area contributed by atoms with Crippen LogP contribution in [0.4, 0.5) is 0 Å². The molecule has 0 aliphatic carbocycles. The number of nitrogens with one attached hydrogen (secondary N) is 1. The monoisotopic (exact) mass is 247 g/mol. The van der Waals surface area contributed by atoms with Gasteiger partial charge >= 0.3 is 0 Å². The molecule has 2 aromatic heterocycles. The largest absolute Gasteiger partial charge is 0.337 e. The van der Waals surface area contributed by atoms with Crippen LogP contribution >= 0.6 is 0 Å². The maximum atomic E-state index is 12.3. The first kappa shape index (κ1) is 12.3. The van der Waals surface area contributed by atoms with Crippen LogP contribution < -0.4 is 0 Å². The lowest BCUT2D eigenvalue weighted by Gasteiger charge is -2.17. The predicted molar refractivity (Wildman–Crippen MR) is 67.1 cm³/mol. The average molecular weight is 247 g/mol. The molecule has 2 aromatic rings. The molecule has 2 heterocycles. The van der Waals surface area contributed by atoms with Gasteiger partial charge in [-0.1, -0.05) is 0 Å². The minimum atomic E-state index is -0.0400. The zero-order valence-electron chi connectivity index (χ0n) is 11.1. The molecule has 18 heavy (non-hydrogen) atoms. The number of rotatable bonds is 3. The fraction of sp³-hybridized carbons (Fsp3) is 0.417. The third-order valence-corrected chi connectivity index (χ3v) is 2.99. The van der Waals surface area contributed by atoms with Crippen LogP contribution in [0.2, 0.25) is 0 Å². The lowest BCUT2D eigenvalue weighted by Crippen LogP contribution is -2.28. The molecule has 0 bridgehead atoms. The van der Waals surface area contributed by atoms with E-state index in [0.717, 1.165) is 17.2 Å². The third kappa shape index (κ3) is 2.13. The lowest BCUT2D eigenvalue weighted by molar-refractivity contribution is 0.0779. The quantitative estimate of drug-likeness (QED) is 0.881. The number of aryl methyl sites for hydroxylation is 3. The van der Waals surface area contributed by atoms with Crippen LogP contribution in [-0.2, 0) is 13.6 Å². The highest BCUT2D eigenvalue weighted by Gasteiger charge is 2.20. The van der Waals surface area contributed by atoms with Gasteiger partial charge in [0.15, 0.2) is 0 Å². The first-order valence-electron chi connectivity index (χ1n) is 5.74. The van der Waals surface area contributed by atoms with Gasteiger partial charge in [0.05, 0.1) is 17.8 Å². The van der Waals surface area contributed by atoms with Gasteiger partial charge < -0.3 is 9.47 Å². The molecule has 0 saturated heterocycles. The van der Waals surface area contributed by atoms with Crippen molar-refractivity contribution in [3.63, 3.8) is 0 Å². The number of hydrogen-bond acceptors (Lipinski definition) is 3. The maximum Gasteiger partial charge on any atom is 0.257 e. The Bertz CT molecular complexity index is 549. The Morgan fingerprint density at radius 2 is 2.22 bits per heavy atom. The van der Waals surface area contributed by atoms with Crippen molar-refractivity contribution in [2.45, 2.75) is 20.4 Å². The molecule has 96 valence electrons. The SMILES string of the molecule is Cc1n[nH]c(C)c1C(=O)N(C)Cc1nccn1C. The summed E-state index contributed by atoms with van der Waals surface area (Å²) in [5, 5.41) is 6.87.